The van der Waals surface area contributed by atoms with E-state index in [2.05, 4.69) is 21.2 Å². The topological polar surface area (TPSA) is 106 Å². The lowest BCUT2D eigenvalue weighted by Crippen LogP contribution is -2.54. The van der Waals surface area contributed by atoms with E-state index in [0.717, 1.165) is 11.0 Å². The first-order valence-electron chi connectivity index (χ1n) is 8.96. The zero-order valence-corrected chi connectivity index (χ0v) is 18.3. The zero-order chi connectivity index (χ0) is 23.0. The Morgan fingerprint density at radius 1 is 1.16 bits per heavy atom. The van der Waals surface area contributed by atoms with Crippen LogP contribution in [0.15, 0.2) is 69.1 Å². The van der Waals surface area contributed by atoms with Gasteiger partial charge in [-0.3, -0.25) is 29.9 Å². The van der Waals surface area contributed by atoms with Crippen LogP contribution in [0.5, 0.6) is 0 Å². The number of halogens is 2. The van der Waals surface area contributed by atoms with Gasteiger partial charge in [-0.1, -0.05) is 6.07 Å². The van der Waals surface area contributed by atoms with E-state index < -0.39 is 22.6 Å². The summed E-state index contributed by atoms with van der Waals surface area (Å²) in [6, 6.07) is 12.6. The van der Waals surface area contributed by atoms with Gasteiger partial charge in [0.1, 0.15) is 22.9 Å². The molecule has 1 saturated heterocycles. The molecule has 1 aromatic heterocycles. The summed E-state index contributed by atoms with van der Waals surface area (Å²) in [6.45, 7) is 0. The average molecular weight is 516 g/mol. The summed E-state index contributed by atoms with van der Waals surface area (Å²) >= 11 is 8.36. The van der Waals surface area contributed by atoms with Crippen LogP contribution in [-0.2, 0) is 9.59 Å². The Bertz CT molecular complexity index is 1340. The fourth-order valence-corrected chi connectivity index (χ4v) is 3.89. The second-order valence-corrected chi connectivity index (χ2v) is 7.80. The van der Waals surface area contributed by atoms with Gasteiger partial charge in [0, 0.05) is 22.2 Å². The number of carbonyl (C=O) groups excluding carboxylic acids is 2. The highest BCUT2D eigenvalue weighted by atomic mass is 79.9. The van der Waals surface area contributed by atoms with Gasteiger partial charge in [0.25, 0.3) is 17.5 Å². The van der Waals surface area contributed by atoms with E-state index in [9.17, 15) is 24.1 Å². The van der Waals surface area contributed by atoms with Gasteiger partial charge in [-0.05, 0) is 70.6 Å². The van der Waals surface area contributed by atoms with Crippen molar-refractivity contribution in [2.45, 2.75) is 0 Å². The van der Waals surface area contributed by atoms with Gasteiger partial charge in [-0.25, -0.2) is 4.39 Å². The molecule has 160 valence electrons. The van der Waals surface area contributed by atoms with E-state index in [4.69, 9.17) is 16.6 Å². The molecule has 2 amide bonds. The molecule has 8 nitrogen and oxygen atoms in total. The number of carbonyl (C=O) groups is 2. The SMILES string of the molecule is O=C1NC(=S)N(c2cccc(F)c2)C(=O)/C1=C\c1ccc(-c2ccc([N+](=O)[O-])cc2Br)o1. The fourth-order valence-electron chi connectivity index (χ4n) is 3.04. The molecule has 4 rings (SSSR count). The van der Waals surface area contributed by atoms with Gasteiger partial charge in [0.15, 0.2) is 5.11 Å². The Kier molecular flexibility index (Phi) is 5.68. The lowest BCUT2D eigenvalue weighted by Gasteiger charge is -2.28. The van der Waals surface area contributed by atoms with Crippen molar-refractivity contribution >= 4 is 62.5 Å². The van der Waals surface area contributed by atoms with E-state index in [0.29, 0.717) is 15.8 Å². The molecule has 1 N–H and O–H groups in total. The van der Waals surface area contributed by atoms with Crippen LogP contribution in [0.2, 0.25) is 0 Å². The highest BCUT2D eigenvalue weighted by molar-refractivity contribution is 9.10. The third kappa shape index (κ3) is 4.07. The van der Waals surface area contributed by atoms with E-state index >= 15 is 0 Å². The van der Waals surface area contributed by atoms with Crippen molar-refractivity contribution in [2.24, 2.45) is 0 Å². The minimum Gasteiger partial charge on any atom is -0.457 e. The van der Waals surface area contributed by atoms with Crippen LogP contribution in [-0.4, -0.2) is 21.9 Å². The Balaban J connectivity index is 1.67. The van der Waals surface area contributed by atoms with Crippen molar-refractivity contribution in [2.75, 3.05) is 4.90 Å². The predicted octanol–water partition coefficient (Wildman–Crippen LogP) is 4.59. The van der Waals surface area contributed by atoms with Crippen molar-refractivity contribution in [3.8, 4) is 11.3 Å². The van der Waals surface area contributed by atoms with Crippen LogP contribution in [0.3, 0.4) is 0 Å². The first-order valence-corrected chi connectivity index (χ1v) is 10.2. The van der Waals surface area contributed by atoms with Gasteiger partial charge < -0.3 is 4.42 Å². The molecule has 11 heteroatoms. The molecule has 0 spiro atoms. The fraction of sp³-hybridized carbons (Fsp3) is 0. The molecule has 0 atom stereocenters. The Morgan fingerprint density at radius 3 is 2.62 bits per heavy atom. The van der Waals surface area contributed by atoms with Crippen LogP contribution in [0.1, 0.15) is 5.76 Å². The molecule has 0 aliphatic carbocycles. The Morgan fingerprint density at radius 2 is 1.94 bits per heavy atom. The van der Waals surface area contributed by atoms with Crippen molar-refractivity contribution in [1.82, 2.24) is 5.32 Å². The van der Waals surface area contributed by atoms with Crippen molar-refractivity contribution < 1.29 is 23.3 Å². The number of rotatable bonds is 4. The number of nitrogens with zero attached hydrogens (tertiary/aromatic N) is 2. The lowest BCUT2D eigenvalue weighted by molar-refractivity contribution is -0.384. The number of benzene rings is 2. The van der Waals surface area contributed by atoms with E-state index in [1.165, 1.54) is 48.5 Å². The van der Waals surface area contributed by atoms with Crippen LogP contribution < -0.4 is 10.2 Å². The molecule has 0 saturated carbocycles. The number of non-ortho nitro benzene ring substituents is 1. The highest BCUT2D eigenvalue weighted by Gasteiger charge is 2.35. The highest BCUT2D eigenvalue weighted by Crippen LogP contribution is 2.33. The van der Waals surface area contributed by atoms with E-state index in [-0.39, 0.29) is 27.8 Å². The Labute approximate surface area is 193 Å². The van der Waals surface area contributed by atoms with Crippen molar-refractivity contribution in [3.63, 3.8) is 0 Å². The summed E-state index contributed by atoms with van der Waals surface area (Å²) in [5.74, 6) is -1.47. The predicted molar refractivity (Wildman–Crippen MR) is 121 cm³/mol. The van der Waals surface area contributed by atoms with Crippen molar-refractivity contribution in [3.05, 3.63) is 86.3 Å². The van der Waals surface area contributed by atoms with Crippen LogP contribution in [0.25, 0.3) is 17.4 Å². The smallest absolute Gasteiger partial charge is 0.270 e. The minimum absolute atomic E-state index is 0.0904. The molecule has 1 fully saturated rings. The summed E-state index contributed by atoms with van der Waals surface area (Å²) in [5, 5.41) is 13.1. The monoisotopic (exact) mass is 515 g/mol. The summed E-state index contributed by atoms with van der Waals surface area (Å²) in [5.41, 5.74) is 0.363. The first kappa shape index (κ1) is 21.5. The third-order valence-electron chi connectivity index (χ3n) is 4.51. The third-order valence-corrected chi connectivity index (χ3v) is 5.45. The molecule has 32 heavy (non-hydrogen) atoms. The van der Waals surface area contributed by atoms with Gasteiger partial charge in [-0.15, -0.1) is 0 Å². The number of hydrogen-bond acceptors (Lipinski definition) is 6. The number of nitro benzene ring substituents is 1. The molecular formula is C21H11BrFN3O5S. The maximum atomic E-state index is 13.6. The summed E-state index contributed by atoms with van der Waals surface area (Å²) < 4.78 is 19.8. The van der Waals surface area contributed by atoms with Gasteiger partial charge in [0.2, 0.25) is 0 Å². The summed E-state index contributed by atoms with van der Waals surface area (Å²) in [7, 11) is 0. The average Bonchev–Trinajstić information content (AvgIpc) is 3.19. The number of anilines is 1. The van der Waals surface area contributed by atoms with Crippen LogP contribution in [0.4, 0.5) is 15.8 Å². The first-order chi connectivity index (χ1) is 15.2. The second-order valence-electron chi connectivity index (χ2n) is 6.56. The van der Waals surface area contributed by atoms with Crippen LogP contribution in [0, 0.1) is 15.9 Å². The quantitative estimate of drug-likeness (QED) is 0.179. The van der Waals surface area contributed by atoms with E-state index in [1.54, 1.807) is 6.07 Å². The summed E-state index contributed by atoms with van der Waals surface area (Å²) in [6.07, 6.45) is 1.24. The molecular weight excluding hydrogens is 505 g/mol. The molecule has 1 aliphatic heterocycles. The number of thiocarbonyl (C=S) groups is 1. The zero-order valence-electron chi connectivity index (χ0n) is 15.9. The van der Waals surface area contributed by atoms with Crippen LogP contribution >= 0.6 is 28.1 Å². The molecule has 3 aromatic rings. The molecule has 1 aliphatic rings. The molecule has 0 radical (unpaired) electrons. The minimum atomic E-state index is -0.737. The molecule has 0 unspecified atom stereocenters. The standard InChI is InChI=1S/C21H11BrFN3O5S/c22-17-9-13(26(29)30)4-6-15(17)18-7-5-14(31-18)10-16-19(27)24-21(32)25(20(16)28)12-3-1-2-11(23)8-12/h1-10H,(H,24,27,32)/b16-10-. The van der Waals surface area contributed by atoms with Gasteiger partial charge >= 0.3 is 0 Å². The van der Waals surface area contributed by atoms with Gasteiger partial charge in [-0.2, -0.15) is 0 Å². The molecule has 0 bridgehead atoms. The number of nitro groups is 1. The number of hydrogen-bond donors (Lipinski definition) is 1. The second kappa shape index (κ2) is 8.44. The molecule has 2 aromatic carbocycles. The van der Waals surface area contributed by atoms with E-state index in [1.807, 2.05) is 0 Å². The summed E-state index contributed by atoms with van der Waals surface area (Å²) in [4.78, 5) is 36.8. The van der Waals surface area contributed by atoms with Crippen molar-refractivity contribution in [1.29, 1.82) is 0 Å². The van der Waals surface area contributed by atoms with Gasteiger partial charge in [0.05, 0.1) is 10.6 Å². The largest absolute Gasteiger partial charge is 0.457 e. The maximum absolute atomic E-state index is 13.6. The lowest BCUT2D eigenvalue weighted by atomic mass is 10.1. The number of nitrogens with one attached hydrogen (secondary N) is 1. The number of amides is 2. The number of furan rings is 1. The molecule has 2 heterocycles. The Hall–Kier alpha value is -3.70. The normalized spacial score (nSPS) is 15.2. The maximum Gasteiger partial charge on any atom is 0.270 e.